The number of hydrogen-bond acceptors (Lipinski definition) is 7. The lowest BCUT2D eigenvalue weighted by atomic mass is 10.3. The van der Waals surface area contributed by atoms with Crippen LogP contribution in [0.4, 0.5) is 0 Å². The number of ketones is 1. The first-order chi connectivity index (χ1) is 13.7. The quantitative estimate of drug-likeness (QED) is 0.399. The number of fused-ring (bicyclic) bond motifs is 1. The first kappa shape index (κ1) is 21.5. The molecule has 0 radical (unpaired) electrons. The number of nitrogens with two attached hydrogens (primary N) is 1. The predicted octanol–water partition coefficient (Wildman–Crippen LogP) is 2.38. The van der Waals surface area contributed by atoms with Crippen molar-refractivity contribution in [2.45, 2.75) is 37.0 Å². The summed E-state index contributed by atoms with van der Waals surface area (Å²) >= 11 is 2.65. The summed E-state index contributed by atoms with van der Waals surface area (Å²) in [5.74, 6) is 0.0470. The summed E-state index contributed by atoms with van der Waals surface area (Å²) in [7, 11) is -3.81. The van der Waals surface area contributed by atoms with E-state index in [0.29, 0.717) is 28.6 Å². The summed E-state index contributed by atoms with van der Waals surface area (Å²) in [6, 6.07) is 8.15. The molecule has 0 aliphatic carbocycles. The van der Waals surface area contributed by atoms with Gasteiger partial charge in [0.15, 0.2) is 10.9 Å². The van der Waals surface area contributed by atoms with Gasteiger partial charge in [0.25, 0.3) is 0 Å². The van der Waals surface area contributed by atoms with Gasteiger partial charge in [0.1, 0.15) is 0 Å². The van der Waals surface area contributed by atoms with Crippen LogP contribution in [0.3, 0.4) is 0 Å². The van der Waals surface area contributed by atoms with Gasteiger partial charge in [-0.1, -0.05) is 11.8 Å². The summed E-state index contributed by atoms with van der Waals surface area (Å²) < 4.78 is 25.1. The van der Waals surface area contributed by atoms with E-state index < -0.39 is 10.0 Å². The molecule has 2 aromatic heterocycles. The molecule has 0 unspecified atom stereocenters. The number of nitrogens with one attached hydrogen (secondary N) is 1. The number of primary sulfonamides is 1. The number of benzene rings is 1. The highest BCUT2D eigenvalue weighted by Crippen LogP contribution is 2.27. The smallest absolute Gasteiger partial charge is 0.238 e. The van der Waals surface area contributed by atoms with Gasteiger partial charge in [0.05, 0.1) is 33.1 Å². The summed E-state index contributed by atoms with van der Waals surface area (Å²) in [5, 5.41) is 8.54. The average molecular weight is 453 g/mol. The third-order valence-corrected chi connectivity index (χ3v) is 7.12. The molecule has 11 heteroatoms. The summed E-state index contributed by atoms with van der Waals surface area (Å²) in [4.78, 5) is 29.6. The number of imidazole rings is 1. The maximum Gasteiger partial charge on any atom is 0.238 e. The van der Waals surface area contributed by atoms with Crippen LogP contribution in [0.15, 0.2) is 40.4 Å². The van der Waals surface area contributed by atoms with E-state index in [-0.39, 0.29) is 22.3 Å². The highest BCUT2D eigenvalue weighted by atomic mass is 32.2. The SMILES string of the molecule is CCn1c(SCC(=O)c2ccc(CNC(C)=O)s2)nc2cc(S(N)(=O)=O)ccc21. The van der Waals surface area contributed by atoms with Gasteiger partial charge in [0.2, 0.25) is 15.9 Å². The van der Waals surface area contributed by atoms with E-state index in [0.717, 1.165) is 10.4 Å². The Balaban J connectivity index is 1.76. The molecule has 2 heterocycles. The van der Waals surface area contributed by atoms with Crippen molar-refractivity contribution in [2.75, 3.05) is 5.75 Å². The Morgan fingerprint density at radius 3 is 2.69 bits per heavy atom. The van der Waals surface area contributed by atoms with Gasteiger partial charge in [-0.05, 0) is 37.3 Å². The molecule has 0 atom stereocenters. The van der Waals surface area contributed by atoms with E-state index in [1.165, 1.54) is 42.2 Å². The normalized spacial score (nSPS) is 11.7. The lowest BCUT2D eigenvalue weighted by Crippen LogP contribution is -2.18. The lowest BCUT2D eigenvalue weighted by molar-refractivity contribution is -0.119. The molecule has 0 aliphatic heterocycles. The highest BCUT2D eigenvalue weighted by Gasteiger charge is 2.17. The maximum atomic E-state index is 12.5. The van der Waals surface area contributed by atoms with Crippen molar-refractivity contribution in [1.82, 2.24) is 14.9 Å². The van der Waals surface area contributed by atoms with Crippen molar-refractivity contribution in [2.24, 2.45) is 5.14 Å². The van der Waals surface area contributed by atoms with Crippen LogP contribution in [-0.2, 0) is 27.9 Å². The molecule has 154 valence electrons. The van der Waals surface area contributed by atoms with E-state index in [4.69, 9.17) is 5.14 Å². The Morgan fingerprint density at radius 1 is 1.28 bits per heavy atom. The number of sulfonamides is 1. The Bertz CT molecular complexity index is 1180. The number of aromatic nitrogens is 2. The van der Waals surface area contributed by atoms with E-state index in [9.17, 15) is 18.0 Å². The van der Waals surface area contributed by atoms with E-state index in [2.05, 4.69) is 10.3 Å². The number of carbonyl (C=O) groups excluding carboxylic acids is 2. The molecular formula is C18H20N4O4S3. The van der Waals surface area contributed by atoms with Gasteiger partial charge in [-0.15, -0.1) is 11.3 Å². The number of nitrogens with zero attached hydrogens (tertiary/aromatic N) is 2. The van der Waals surface area contributed by atoms with Crippen LogP contribution in [0.1, 0.15) is 28.4 Å². The van der Waals surface area contributed by atoms with Crippen molar-refractivity contribution in [1.29, 1.82) is 0 Å². The second-order valence-electron chi connectivity index (χ2n) is 6.22. The first-order valence-electron chi connectivity index (χ1n) is 8.71. The molecule has 3 aromatic rings. The predicted molar refractivity (Wildman–Crippen MR) is 114 cm³/mol. The van der Waals surface area contributed by atoms with Crippen LogP contribution in [0.5, 0.6) is 0 Å². The van der Waals surface area contributed by atoms with Gasteiger partial charge >= 0.3 is 0 Å². The van der Waals surface area contributed by atoms with Crippen molar-refractivity contribution in [3.63, 3.8) is 0 Å². The Hall–Kier alpha value is -2.21. The first-order valence-corrected chi connectivity index (χ1v) is 12.1. The van der Waals surface area contributed by atoms with E-state index in [1.54, 1.807) is 12.1 Å². The fourth-order valence-electron chi connectivity index (χ4n) is 2.72. The Labute approximate surface area is 176 Å². The second-order valence-corrected chi connectivity index (χ2v) is 9.89. The van der Waals surface area contributed by atoms with Crippen LogP contribution >= 0.6 is 23.1 Å². The van der Waals surface area contributed by atoms with Gasteiger partial charge in [-0.3, -0.25) is 9.59 Å². The van der Waals surface area contributed by atoms with Gasteiger partial charge in [-0.25, -0.2) is 18.5 Å². The molecule has 0 spiro atoms. The molecule has 3 N–H and O–H groups in total. The monoisotopic (exact) mass is 452 g/mol. The average Bonchev–Trinajstić information content (AvgIpc) is 3.27. The van der Waals surface area contributed by atoms with Crippen LogP contribution in [0.2, 0.25) is 0 Å². The Morgan fingerprint density at radius 2 is 2.03 bits per heavy atom. The summed E-state index contributed by atoms with van der Waals surface area (Å²) in [6.07, 6.45) is 0. The van der Waals surface area contributed by atoms with E-state index in [1.807, 2.05) is 17.6 Å². The van der Waals surface area contributed by atoms with Crippen molar-refractivity contribution >= 4 is 55.8 Å². The van der Waals surface area contributed by atoms with Crippen LogP contribution < -0.4 is 10.5 Å². The molecule has 29 heavy (non-hydrogen) atoms. The van der Waals surface area contributed by atoms with Crippen LogP contribution in [-0.4, -0.2) is 35.4 Å². The van der Waals surface area contributed by atoms with Crippen molar-refractivity contribution in [3.05, 3.63) is 40.1 Å². The fourth-order valence-corrected chi connectivity index (χ4v) is 5.19. The number of thioether (sulfide) groups is 1. The molecule has 0 fully saturated rings. The number of hydrogen-bond donors (Lipinski definition) is 2. The van der Waals surface area contributed by atoms with E-state index >= 15 is 0 Å². The second kappa shape index (κ2) is 8.66. The minimum Gasteiger partial charge on any atom is -0.351 e. The zero-order valence-corrected chi connectivity index (χ0v) is 18.3. The zero-order valence-electron chi connectivity index (χ0n) is 15.8. The summed E-state index contributed by atoms with van der Waals surface area (Å²) in [5.41, 5.74) is 1.30. The number of aryl methyl sites for hydroxylation is 1. The third kappa shape index (κ3) is 5.04. The zero-order chi connectivity index (χ0) is 21.2. The number of rotatable bonds is 8. The molecule has 3 rings (SSSR count). The Kier molecular flexibility index (Phi) is 6.42. The van der Waals surface area contributed by atoms with Gasteiger partial charge < -0.3 is 9.88 Å². The molecule has 0 aliphatic rings. The molecule has 0 bridgehead atoms. The molecule has 0 saturated carbocycles. The molecule has 8 nitrogen and oxygen atoms in total. The van der Waals surface area contributed by atoms with Crippen LogP contribution in [0.25, 0.3) is 11.0 Å². The van der Waals surface area contributed by atoms with Gasteiger partial charge in [0, 0.05) is 18.3 Å². The number of carbonyl (C=O) groups is 2. The number of amides is 1. The molecular weight excluding hydrogens is 432 g/mol. The topological polar surface area (TPSA) is 124 Å². The highest BCUT2D eigenvalue weighted by molar-refractivity contribution is 7.99. The van der Waals surface area contributed by atoms with Crippen molar-refractivity contribution in [3.8, 4) is 0 Å². The van der Waals surface area contributed by atoms with Crippen LogP contribution in [0, 0.1) is 0 Å². The van der Waals surface area contributed by atoms with Crippen molar-refractivity contribution < 1.29 is 18.0 Å². The standard InChI is InChI=1S/C18H20N4O4S3/c1-3-22-15-6-5-13(29(19,25)26)8-14(15)21-18(22)27-10-16(24)17-7-4-12(28-17)9-20-11(2)23/h4-8H,3,9-10H2,1-2H3,(H,20,23)(H2,19,25,26). The van der Waals surface area contributed by atoms with Gasteiger partial charge in [-0.2, -0.15) is 0 Å². The summed E-state index contributed by atoms with van der Waals surface area (Å²) in [6.45, 7) is 4.43. The molecule has 1 aromatic carbocycles. The maximum absolute atomic E-state index is 12.5. The fraction of sp³-hybridized carbons (Fsp3) is 0.278. The minimum absolute atomic E-state index is 0.00339. The molecule has 1 amide bonds. The lowest BCUT2D eigenvalue weighted by Gasteiger charge is -2.05. The largest absolute Gasteiger partial charge is 0.351 e. The minimum atomic E-state index is -3.81. The number of Topliss-reactive ketones (excluding diaryl/α,β-unsaturated/α-hetero) is 1. The molecule has 0 saturated heterocycles. The third-order valence-electron chi connectivity index (χ3n) is 4.11. The number of thiophene rings is 1.